The number of carbonyl (C=O) groups excluding carboxylic acids is 1. The summed E-state index contributed by atoms with van der Waals surface area (Å²) in [7, 11) is 0. The fraction of sp³-hybridized carbons (Fsp3) is 0.833. The molecule has 1 aliphatic carbocycles. The van der Waals surface area contributed by atoms with Crippen LogP contribution in [-0.2, 0) is 9.53 Å². The Bertz CT molecular complexity index is 347. The number of carboxylic acid groups (broad SMARTS) is 1. The molecule has 5 heteroatoms. The van der Waals surface area contributed by atoms with Crippen LogP contribution in [0.3, 0.4) is 0 Å². The van der Waals surface area contributed by atoms with Crippen LogP contribution in [0.2, 0.25) is 0 Å². The summed E-state index contributed by atoms with van der Waals surface area (Å²) >= 11 is 0. The number of carbonyl (C=O) groups is 2. The second-order valence-corrected chi connectivity index (χ2v) is 5.83. The van der Waals surface area contributed by atoms with Crippen LogP contribution in [-0.4, -0.2) is 40.3 Å². The SMILES string of the molecule is CC(C)(C)OC(=O)N1CCC[C@H]2[C@H](C(=O)O)[C@H]21. The smallest absolute Gasteiger partial charge is 0.410 e. The third-order valence-electron chi connectivity index (χ3n) is 3.34. The number of carboxylic acids is 1. The van der Waals surface area contributed by atoms with E-state index in [1.165, 1.54) is 0 Å². The van der Waals surface area contributed by atoms with Crippen molar-refractivity contribution in [3.05, 3.63) is 0 Å². The van der Waals surface area contributed by atoms with Gasteiger partial charge in [-0.05, 0) is 39.5 Å². The van der Waals surface area contributed by atoms with Crippen LogP contribution in [0.1, 0.15) is 33.6 Å². The van der Waals surface area contributed by atoms with E-state index in [4.69, 9.17) is 9.84 Å². The number of aliphatic carboxylic acids is 1. The number of hydrogen-bond acceptors (Lipinski definition) is 3. The van der Waals surface area contributed by atoms with Gasteiger partial charge in [0.05, 0.1) is 12.0 Å². The Morgan fingerprint density at radius 3 is 2.53 bits per heavy atom. The number of amides is 1. The van der Waals surface area contributed by atoms with E-state index >= 15 is 0 Å². The average molecular weight is 241 g/mol. The van der Waals surface area contributed by atoms with Gasteiger partial charge in [-0.15, -0.1) is 0 Å². The van der Waals surface area contributed by atoms with Crippen molar-refractivity contribution in [2.45, 2.75) is 45.3 Å². The zero-order valence-electron chi connectivity index (χ0n) is 10.5. The molecule has 1 amide bonds. The normalized spacial score (nSPS) is 31.7. The van der Waals surface area contributed by atoms with Crippen molar-refractivity contribution in [3.8, 4) is 0 Å². The van der Waals surface area contributed by atoms with Gasteiger partial charge in [-0.25, -0.2) is 4.79 Å². The number of hydrogen-bond donors (Lipinski definition) is 1. The molecule has 17 heavy (non-hydrogen) atoms. The summed E-state index contributed by atoms with van der Waals surface area (Å²) < 4.78 is 5.30. The van der Waals surface area contributed by atoms with Gasteiger partial charge in [0.25, 0.3) is 0 Å². The third kappa shape index (κ3) is 2.37. The molecule has 96 valence electrons. The summed E-state index contributed by atoms with van der Waals surface area (Å²) in [6.45, 7) is 6.05. The van der Waals surface area contributed by atoms with E-state index in [0.717, 1.165) is 12.8 Å². The third-order valence-corrected chi connectivity index (χ3v) is 3.34. The maximum atomic E-state index is 11.9. The number of nitrogens with zero attached hydrogens (tertiary/aromatic N) is 1. The second-order valence-electron chi connectivity index (χ2n) is 5.83. The molecule has 2 rings (SSSR count). The van der Waals surface area contributed by atoms with Crippen molar-refractivity contribution in [1.82, 2.24) is 4.90 Å². The monoisotopic (exact) mass is 241 g/mol. The minimum atomic E-state index is -0.796. The first kappa shape index (κ1) is 12.2. The Hall–Kier alpha value is -1.26. The molecule has 1 N–H and O–H groups in total. The summed E-state index contributed by atoms with van der Waals surface area (Å²) in [4.78, 5) is 24.5. The lowest BCUT2D eigenvalue weighted by Gasteiger charge is -2.29. The maximum Gasteiger partial charge on any atom is 0.410 e. The lowest BCUT2D eigenvalue weighted by molar-refractivity contribution is -0.139. The van der Waals surface area contributed by atoms with Crippen molar-refractivity contribution in [3.63, 3.8) is 0 Å². The van der Waals surface area contributed by atoms with Crippen LogP contribution >= 0.6 is 0 Å². The van der Waals surface area contributed by atoms with E-state index in [-0.39, 0.29) is 24.0 Å². The van der Waals surface area contributed by atoms with E-state index in [2.05, 4.69) is 0 Å². The van der Waals surface area contributed by atoms with Crippen molar-refractivity contribution in [1.29, 1.82) is 0 Å². The van der Waals surface area contributed by atoms with Gasteiger partial charge in [-0.2, -0.15) is 0 Å². The van der Waals surface area contributed by atoms with Crippen molar-refractivity contribution in [2.75, 3.05) is 6.54 Å². The fourth-order valence-corrected chi connectivity index (χ4v) is 2.64. The first-order valence-electron chi connectivity index (χ1n) is 6.04. The molecular formula is C12H19NO4. The highest BCUT2D eigenvalue weighted by atomic mass is 16.6. The molecule has 5 nitrogen and oxygen atoms in total. The van der Waals surface area contributed by atoms with E-state index in [0.29, 0.717) is 6.54 Å². The quantitative estimate of drug-likeness (QED) is 0.759. The topological polar surface area (TPSA) is 66.8 Å². The van der Waals surface area contributed by atoms with Crippen LogP contribution in [0.5, 0.6) is 0 Å². The molecule has 1 aliphatic heterocycles. The lowest BCUT2D eigenvalue weighted by atomic mass is 10.1. The molecule has 2 aliphatic rings. The molecule has 0 radical (unpaired) electrons. The molecule has 0 aromatic carbocycles. The molecule has 1 saturated heterocycles. The van der Waals surface area contributed by atoms with E-state index in [1.54, 1.807) is 4.90 Å². The van der Waals surface area contributed by atoms with Crippen molar-refractivity contribution < 1.29 is 19.4 Å². The van der Waals surface area contributed by atoms with Crippen LogP contribution in [0.25, 0.3) is 0 Å². The minimum Gasteiger partial charge on any atom is -0.481 e. The second kappa shape index (κ2) is 3.89. The van der Waals surface area contributed by atoms with Gasteiger partial charge in [0, 0.05) is 6.54 Å². The predicted molar refractivity (Wildman–Crippen MR) is 60.6 cm³/mol. The van der Waals surface area contributed by atoms with E-state index < -0.39 is 11.6 Å². The Balaban J connectivity index is 2.02. The zero-order valence-corrected chi connectivity index (χ0v) is 10.5. The number of likely N-dealkylation sites (tertiary alicyclic amines) is 1. The van der Waals surface area contributed by atoms with Crippen molar-refractivity contribution in [2.24, 2.45) is 11.8 Å². The number of ether oxygens (including phenoxy) is 1. The summed E-state index contributed by atoms with van der Waals surface area (Å²) in [5.41, 5.74) is -0.530. The predicted octanol–water partition coefficient (Wildman–Crippen LogP) is 1.72. The standard InChI is InChI=1S/C12H19NO4/c1-12(2,3)17-11(16)13-6-4-5-7-8(9(7)13)10(14)15/h7-9H,4-6H2,1-3H3,(H,14,15)/t7-,8-,9-/m0/s1. The Kier molecular flexibility index (Phi) is 2.79. The lowest BCUT2D eigenvalue weighted by Crippen LogP contribution is -2.41. The molecule has 0 unspecified atom stereocenters. The Morgan fingerprint density at radius 1 is 1.35 bits per heavy atom. The average Bonchev–Trinajstić information content (AvgIpc) is 2.87. The number of piperidine rings is 1. The Morgan fingerprint density at radius 2 is 2.00 bits per heavy atom. The van der Waals surface area contributed by atoms with Crippen LogP contribution in [0.15, 0.2) is 0 Å². The maximum absolute atomic E-state index is 11.9. The first-order chi connectivity index (χ1) is 7.81. The van der Waals surface area contributed by atoms with Gasteiger partial charge in [-0.3, -0.25) is 4.79 Å². The largest absolute Gasteiger partial charge is 0.481 e. The van der Waals surface area contributed by atoms with Gasteiger partial charge in [0.1, 0.15) is 5.60 Å². The highest BCUT2D eigenvalue weighted by molar-refractivity contribution is 5.78. The molecule has 0 aromatic rings. The van der Waals surface area contributed by atoms with Gasteiger partial charge < -0.3 is 14.7 Å². The van der Waals surface area contributed by atoms with Crippen LogP contribution in [0.4, 0.5) is 4.79 Å². The molecule has 1 heterocycles. The Labute approximate surface area is 101 Å². The summed E-state index contributed by atoms with van der Waals surface area (Å²) in [6.07, 6.45) is 1.39. The molecule has 0 spiro atoms. The van der Waals surface area contributed by atoms with Gasteiger partial charge in [0.2, 0.25) is 0 Å². The number of rotatable bonds is 1. The van der Waals surface area contributed by atoms with Gasteiger partial charge in [0.15, 0.2) is 0 Å². The molecule has 1 saturated carbocycles. The van der Waals surface area contributed by atoms with E-state index in [9.17, 15) is 9.59 Å². The summed E-state index contributed by atoms with van der Waals surface area (Å²) in [5, 5.41) is 9.04. The summed E-state index contributed by atoms with van der Waals surface area (Å²) in [5.74, 6) is -1.05. The van der Waals surface area contributed by atoms with Gasteiger partial charge in [-0.1, -0.05) is 0 Å². The van der Waals surface area contributed by atoms with Gasteiger partial charge >= 0.3 is 12.1 Å². The van der Waals surface area contributed by atoms with Crippen LogP contribution in [0, 0.1) is 11.8 Å². The van der Waals surface area contributed by atoms with Crippen molar-refractivity contribution >= 4 is 12.1 Å². The number of fused-ring (bicyclic) bond motifs is 1. The van der Waals surface area contributed by atoms with E-state index in [1.807, 2.05) is 20.8 Å². The first-order valence-corrected chi connectivity index (χ1v) is 6.04. The molecular weight excluding hydrogens is 222 g/mol. The highest BCUT2D eigenvalue weighted by Crippen LogP contribution is 2.49. The van der Waals surface area contributed by atoms with Crippen LogP contribution < -0.4 is 0 Å². The molecule has 2 fully saturated rings. The summed E-state index contributed by atoms with van der Waals surface area (Å²) in [6, 6.07) is -0.143. The molecule has 3 atom stereocenters. The molecule has 0 aromatic heterocycles. The zero-order chi connectivity index (χ0) is 12.8. The molecule has 0 bridgehead atoms. The fourth-order valence-electron chi connectivity index (χ4n) is 2.64. The highest BCUT2D eigenvalue weighted by Gasteiger charge is 2.60. The minimum absolute atomic E-state index is 0.133.